The molecule has 0 saturated heterocycles. The van der Waals surface area contributed by atoms with E-state index in [0.717, 1.165) is 31.7 Å². The van der Waals surface area contributed by atoms with Crippen LogP contribution < -0.4 is 5.32 Å². The second-order valence-electron chi connectivity index (χ2n) is 6.52. The number of aromatic nitrogens is 1. The fraction of sp³-hybridized carbons (Fsp3) is 0.300. The average Bonchev–Trinajstić information content (AvgIpc) is 2.92. The van der Waals surface area contributed by atoms with Gasteiger partial charge in [-0.15, -0.1) is 24.8 Å². The minimum Gasteiger partial charge on any atom is -0.343 e. The van der Waals surface area contributed by atoms with E-state index in [4.69, 9.17) is 23.2 Å². The van der Waals surface area contributed by atoms with Crippen LogP contribution in [0.4, 0.5) is 0 Å². The lowest BCUT2D eigenvalue weighted by molar-refractivity contribution is 0.400. The van der Waals surface area contributed by atoms with Gasteiger partial charge in [0.2, 0.25) is 0 Å². The second-order valence-corrected chi connectivity index (χ2v) is 7.36. The maximum Gasteiger partial charge on any atom is 0.0491 e. The highest BCUT2D eigenvalue weighted by Crippen LogP contribution is 2.26. The van der Waals surface area contributed by atoms with Crippen LogP contribution in [0.15, 0.2) is 48.7 Å². The number of nitrogens with one attached hydrogen (secondary N) is 1. The summed E-state index contributed by atoms with van der Waals surface area (Å²) in [5.41, 5.74) is 3.59. The molecule has 0 bridgehead atoms. The minimum absolute atomic E-state index is 0. The highest BCUT2D eigenvalue weighted by Gasteiger charge is 2.10. The van der Waals surface area contributed by atoms with E-state index in [-0.39, 0.29) is 24.8 Å². The van der Waals surface area contributed by atoms with Crippen LogP contribution in [0.1, 0.15) is 11.1 Å². The number of hydrogen-bond acceptors (Lipinski definition) is 2. The first-order valence-electron chi connectivity index (χ1n) is 8.40. The van der Waals surface area contributed by atoms with Crippen LogP contribution in [0.3, 0.4) is 0 Å². The van der Waals surface area contributed by atoms with E-state index < -0.39 is 0 Å². The number of likely N-dealkylation sites (N-methyl/N-ethyl adjacent to an activating group) is 1. The summed E-state index contributed by atoms with van der Waals surface area (Å²) in [5, 5.41) is 6.17. The SMILES string of the molecule is CN(C)CCNCc1cn(Cc2ccc(Cl)cc2Cl)c2ccccc12.Cl.Cl. The molecule has 3 rings (SSSR count). The van der Waals surface area contributed by atoms with E-state index in [0.29, 0.717) is 10.0 Å². The van der Waals surface area contributed by atoms with E-state index in [2.05, 4.69) is 59.3 Å². The molecular weight excluding hydrogens is 424 g/mol. The molecule has 1 heterocycles. The maximum absolute atomic E-state index is 6.35. The molecule has 2 aromatic carbocycles. The van der Waals surface area contributed by atoms with Crippen LogP contribution in [-0.2, 0) is 13.1 Å². The van der Waals surface area contributed by atoms with Crippen molar-refractivity contribution < 1.29 is 0 Å². The molecule has 0 radical (unpaired) electrons. The molecule has 148 valence electrons. The topological polar surface area (TPSA) is 20.2 Å². The molecule has 0 atom stereocenters. The molecule has 1 aromatic heterocycles. The largest absolute Gasteiger partial charge is 0.343 e. The monoisotopic (exact) mass is 447 g/mol. The van der Waals surface area contributed by atoms with Gasteiger partial charge < -0.3 is 14.8 Å². The Hall–Kier alpha value is -0.940. The predicted octanol–water partition coefficient (Wildman–Crippen LogP) is 5.49. The minimum atomic E-state index is 0. The molecule has 7 heteroatoms. The lowest BCUT2D eigenvalue weighted by Crippen LogP contribution is -2.26. The van der Waals surface area contributed by atoms with Gasteiger partial charge in [0.15, 0.2) is 0 Å². The first-order valence-corrected chi connectivity index (χ1v) is 9.16. The summed E-state index contributed by atoms with van der Waals surface area (Å²) >= 11 is 12.4. The first kappa shape index (κ1) is 24.1. The third-order valence-corrected chi connectivity index (χ3v) is 4.87. The van der Waals surface area contributed by atoms with Gasteiger partial charge in [-0.05, 0) is 43.4 Å². The van der Waals surface area contributed by atoms with E-state index in [1.807, 2.05) is 12.1 Å². The van der Waals surface area contributed by atoms with Crippen molar-refractivity contribution in [2.45, 2.75) is 13.1 Å². The zero-order valence-electron chi connectivity index (χ0n) is 15.4. The highest BCUT2D eigenvalue weighted by atomic mass is 35.5. The molecule has 0 aliphatic carbocycles. The van der Waals surface area contributed by atoms with Gasteiger partial charge >= 0.3 is 0 Å². The Bertz CT molecular complexity index is 862. The lowest BCUT2D eigenvalue weighted by atomic mass is 10.2. The van der Waals surface area contributed by atoms with Crippen molar-refractivity contribution in [3.63, 3.8) is 0 Å². The number of para-hydroxylation sites is 1. The fourth-order valence-corrected chi connectivity index (χ4v) is 3.42. The van der Waals surface area contributed by atoms with Crippen LogP contribution in [-0.4, -0.2) is 36.7 Å². The summed E-state index contributed by atoms with van der Waals surface area (Å²) in [5.74, 6) is 0. The van der Waals surface area contributed by atoms with Crippen molar-refractivity contribution in [3.05, 3.63) is 69.8 Å². The average molecular weight is 449 g/mol. The van der Waals surface area contributed by atoms with Crippen LogP contribution in [0.25, 0.3) is 10.9 Å². The molecule has 0 saturated carbocycles. The van der Waals surface area contributed by atoms with Gasteiger partial charge in [-0.2, -0.15) is 0 Å². The summed E-state index contributed by atoms with van der Waals surface area (Å²) < 4.78 is 2.26. The first-order chi connectivity index (χ1) is 12.0. The Labute approximate surface area is 183 Å². The van der Waals surface area contributed by atoms with Crippen LogP contribution in [0.5, 0.6) is 0 Å². The number of hydrogen-bond donors (Lipinski definition) is 1. The standard InChI is InChI=1S/C20H23Cl2N3.2ClH/c1-24(2)10-9-23-12-16-14-25(20-6-4-3-5-18(16)20)13-15-7-8-17(21)11-19(15)22;;/h3-8,11,14,23H,9-10,12-13H2,1-2H3;2*1H. The normalized spacial score (nSPS) is 10.7. The molecule has 0 aliphatic rings. The quantitative estimate of drug-likeness (QED) is 0.482. The third kappa shape index (κ3) is 6.28. The van der Waals surface area contributed by atoms with Gasteiger partial charge in [0.25, 0.3) is 0 Å². The van der Waals surface area contributed by atoms with Gasteiger partial charge in [0, 0.05) is 53.3 Å². The molecule has 3 aromatic rings. The van der Waals surface area contributed by atoms with Gasteiger partial charge in [-0.3, -0.25) is 0 Å². The van der Waals surface area contributed by atoms with Gasteiger partial charge in [0.05, 0.1) is 0 Å². The number of fused-ring (bicyclic) bond motifs is 1. The predicted molar refractivity (Wildman–Crippen MR) is 122 cm³/mol. The van der Waals surface area contributed by atoms with E-state index in [1.54, 1.807) is 6.07 Å². The lowest BCUT2D eigenvalue weighted by Gasteiger charge is -2.09. The van der Waals surface area contributed by atoms with Crippen molar-refractivity contribution in [3.8, 4) is 0 Å². The Kier molecular flexibility index (Phi) is 9.96. The summed E-state index contributed by atoms with van der Waals surface area (Å²) in [7, 11) is 4.17. The smallest absolute Gasteiger partial charge is 0.0491 e. The molecule has 0 spiro atoms. The van der Waals surface area contributed by atoms with Crippen molar-refractivity contribution in [1.29, 1.82) is 0 Å². The summed E-state index contributed by atoms with van der Waals surface area (Å²) in [4.78, 5) is 2.18. The zero-order chi connectivity index (χ0) is 17.8. The third-order valence-electron chi connectivity index (χ3n) is 4.28. The number of halogens is 4. The molecular formula is C20H25Cl4N3. The molecule has 0 amide bonds. The molecule has 0 unspecified atom stereocenters. The van der Waals surface area contributed by atoms with E-state index >= 15 is 0 Å². The zero-order valence-corrected chi connectivity index (χ0v) is 18.6. The van der Waals surface area contributed by atoms with Crippen LogP contribution in [0, 0.1) is 0 Å². The molecule has 1 N–H and O–H groups in total. The molecule has 3 nitrogen and oxygen atoms in total. The number of rotatable bonds is 7. The van der Waals surface area contributed by atoms with Crippen molar-refractivity contribution >= 4 is 58.9 Å². The van der Waals surface area contributed by atoms with Gasteiger partial charge in [-0.1, -0.05) is 47.5 Å². The van der Waals surface area contributed by atoms with Crippen LogP contribution >= 0.6 is 48.0 Å². The summed E-state index contributed by atoms with van der Waals surface area (Å²) in [6.45, 7) is 3.58. The maximum atomic E-state index is 6.35. The van der Waals surface area contributed by atoms with Gasteiger partial charge in [0.1, 0.15) is 0 Å². The fourth-order valence-electron chi connectivity index (χ4n) is 2.95. The van der Waals surface area contributed by atoms with Crippen molar-refractivity contribution in [2.24, 2.45) is 0 Å². The van der Waals surface area contributed by atoms with Crippen molar-refractivity contribution in [1.82, 2.24) is 14.8 Å². The molecule has 27 heavy (non-hydrogen) atoms. The molecule has 0 fully saturated rings. The number of benzene rings is 2. The Morgan fingerprint density at radius 2 is 1.74 bits per heavy atom. The van der Waals surface area contributed by atoms with Crippen LogP contribution in [0.2, 0.25) is 10.0 Å². The Morgan fingerprint density at radius 1 is 1.00 bits per heavy atom. The van der Waals surface area contributed by atoms with E-state index in [1.165, 1.54) is 16.5 Å². The van der Waals surface area contributed by atoms with E-state index in [9.17, 15) is 0 Å². The Morgan fingerprint density at radius 3 is 2.44 bits per heavy atom. The van der Waals surface area contributed by atoms with Crippen molar-refractivity contribution in [2.75, 3.05) is 27.2 Å². The summed E-state index contributed by atoms with van der Waals surface area (Å²) in [6, 6.07) is 14.2. The second kappa shape index (κ2) is 11.2. The number of nitrogens with zero attached hydrogens (tertiary/aromatic N) is 2. The van der Waals surface area contributed by atoms with Gasteiger partial charge in [-0.25, -0.2) is 0 Å². The molecule has 0 aliphatic heterocycles. The Balaban J connectivity index is 0.00000182. The summed E-state index contributed by atoms with van der Waals surface area (Å²) in [6.07, 6.45) is 2.22. The highest BCUT2D eigenvalue weighted by molar-refractivity contribution is 6.35.